The van der Waals surface area contributed by atoms with Gasteiger partial charge in [-0.25, -0.2) is 4.39 Å². The van der Waals surface area contributed by atoms with Crippen LogP contribution in [0.1, 0.15) is 44.6 Å². The van der Waals surface area contributed by atoms with Crippen LogP contribution in [0.2, 0.25) is 5.02 Å². The number of aliphatic carboxylic acids is 1. The van der Waals surface area contributed by atoms with Gasteiger partial charge in [-0.15, -0.1) is 0 Å². The van der Waals surface area contributed by atoms with E-state index in [9.17, 15) is 14.3 Å². The zero-order valence-electron chi connectivity index (χ0n) is 11.1. The fourth-order valence-corrected chi connectivity index (χ4v) is 3.32. The minimum atomic E-state index is -0.791. The van der Waals surface area contributed by atoms with Crippen LogP contribution in [0, 0.1) is 17.2 Å². The fourth-order valence-electron chi connectivity index (χ4n) is 3.01. The van der Waals surface area contributed by atoms with E-state index in [1.165, 1.54) is 12.1 Å². The number of hydrogen-bond acceptors (Lipinski definition) is 1. The second-order valence-corrected chi connectivity index (χ2v) is 6.53. The Morgan fingerprint density at radius 3 is 2.74 bits per heavy atom. The molecule has 0 saturated heterocycles. The van der Waals surface area contributed by atoms with Gasteiger partial charge in [0.2, 0.25) is 0 Å². The number of carboxylic acid groups (broad SMARTS) is 1. The fraction of sp³-hybridized carbons (Fsp3) is 0.533. The van der Waals surface area contributed by atoms with Crippen molar-refractivity contribution in [3.05, 3.63) is 34.6 Å². The molecule has 1 aromatic rings. The summed E-state index contributed by atoms with van der Waals surface area (Å²) in [6, 6.07) is 4.23. The summed E-state index contributed by atoms with van der Waals surface area (Å²) in [5.41, 5.74) is 0.845. The summed E-state index contributed by atoms with van der Waals surface area (Å²) in [6.07, 6.45) is 2.29. The lowest BCUT2D eigenvalue weighted by Gasteiger charge is -2.39. The highest BCUT2D eigenvalue weighted by molar-refractivity contribution is 6.31. The largest absolute Gasteiger partial charge is 0.481 e. The summed E-state index contributed by atoms with van der Waals surface area (Å²) in [5.74, 6) is -1.76. The van der Waals surface area contributed by atoms with E-state index in [2.05, 4.69) is 13.8 Å². The van der Waals surface area contributed by atoms with Gasteiger partial charge < -0.3 is 5.11 Å². The molecule has 0 spiro atoms. The Balaban J connectivity index is 2.39. The highest BCUT2D eigenvalue weighted by Crippen LogP contribution is 2.48. The molecule has 1 aromatic carbocycles. The highest BCUT2D eigenvalue weighted by atomic mass is 35.5. The third-order valence-electron chi connectivity index (χ3n) is 4.07. The van der Waals surface area contributed by atoms with Gasteiger partial charge in [0.05, 0.1) is 5.92 Å². The van der Waals surface area contributed by atoms with Gasteiger partial charge in [-0.05, 0) is 48.3 Å². The molecule has 0 radical (unpaired) electrons. The molecule has 2 rings (SSSR count). The zero-order valence-corrected chi connectivity index (χ0v) is 11.9. The number of rotatable bonds is 2. The van der Waals surface area contributed by atoms with Crippen LogP contribution in [0.5, 0.6) is 0 Å². The molecule has 0 unspecified atom stereocenters. The first-order valence-electron chi connectivity index (χ1n) is 6.48. The highest BCUT2D eigenvalue weighted by Gasteiger charge is 2.40. The lowest BCUT2D eigenvalue weighted by Crippen LogP contribution is -2.33. The predicted octanol–water partition coefficient (Wildman–Crippen LogP) is 4.47. The van der Waals surface area contributed by atoms with Crippen molar-refractivity contribution >= 4 is 17.6 Å². The quantitative estimate of drug-likeness (QED) is 0.870. The molecule has 0 bridgehead atoms. The molecule has 2 nitrogen and oxygen atoms in total. The van der Waals surface area contributed by atoms with Crippen molar-refractivity contribution in [1.82, 2.24) is 0 Å². The molecule has 0 aliphatic heterocycles. The van der Waals surface area contributed by atoms with Gasteiger partial charge in [0.1, 0.15) is 5.82 Å². The lowest BCUT2D eigenvalue weighted by molar-refractivity contribution is -0.144. The molecule has 1 aliphatic carbocycles. The Kier molecular flexibility index (Phi) is 3.86. The molecule has 19 heavy (non-hydrogen) atoms. The SMILES string of the molecule is CC1(C)CC[C@H](C(=O)O)[C@@H](c2ccc(F)cc2Cl)C1. The third-order valence-corrected chi connectivity index (χ3v) is 4.40. The van der Waals surface area contributed by atoms with Gasteiger partial charge in [-0.1, -0.05) is 31.5 Å². The first-order chi connectivity index (χ1) is 8.80. The summed E-state index contributed by atoms with van der Waals surface area (Å²) >= 11 is 6.09. The van der Waals surface area contributed by atoms with E-state index in [0.717, 1.165) is 18.4 Å². The summed E-state index contributed by atoms with van der Waals surface area (Å²) in [4.78, 5) is 11.4. The van der Waals surface area contributed by atoms with Crippen LogP contribution in [-0.2, 0) is 4.79 Å². The smallest absolute Gasteiger partial charge is 0.307 e. The van der Waals surface area contributed by atoms with E-state index in [1.807, 2.05) is 0 Å². The normalized spacial score (nSPS) is 26.1. The van der Waals surface area contributed by atoms with Crippen molar-refractivity contribution in [2.24, 2.45) is 11.3 Å². The molecule has 1 fully saturated rings. The van der Waals surface area contributed by atoms with Crippen molar-refractivity contribution in [2.75, 3.05) is 0 Å². The van der Waals surface area contributed by atoms with E-state index in [4.69, 9.17) is 11.6 Å². The van der Waals surface area contributed by atoms with Gasteiger partial charge in [0.25, 0.3) is 0 Å². The lowest BCUT2D eigenvalue weighted by atomic mass is 9.65. The maximum Gasteiger partial charge on any atom is 0.307 e. The second-order valence-electron chi connectivity index (χ2n) is 6.12. The molecule has 0 amide bonds. The van der Waals surface area contributed by atoms with E-state index in [0.29, 0.717) is 11.4 Å². The van der Waals surface area contributed by atoms with E-state index in [1.54, 1.807) is 6.07 Å². The Hall–Kier alpha value is -1.09. The van der Waals surface area contributed by atoms with Crippen LogP contribution in [-0.4, -0.2) is 11.1 Å². The predicted molar refractivity (Wildman–Crippen MR) is 72.9 cm³/mol. The Morgan fingerprint density at radius 1 is 1.47 bits per heavy atom. The van der Waals surface area contributed by atoms with Crippen molar-refractivity contribution in [3.63, 3.8) is 0 Å². The third kappa shape index (κ3) is 3.08. The zero-order chi connectivity index (χ0) is 14.2. The topological polar surface area (TPSA) is 37.3 Å². The summed E-state index contributed by atoms with van der Waals surface area (Å²) in [7, 11) is 0. The van der Waals surface area contributed by atoms with Crippen LogP contribution in [0.4, 0.5) is 4.39 Å². The van der Waals surface area contributed by atoms with Gasteiger partial charge >= 0.3 is 5.97 Å². The maximum atomic E-state index is 13.1. The Morgan fingerprint density at radius 2 is 2.16 bits per heavy atom. The number of benzene rings is 1. The summed E-state index contributed by atoms with van der Waals surface area (Å²) in [6.45, 7) is 4.27. The average Bonchev–Trinajstić information content (AvgIpc) is 2.27. The molecule has 1 saturated carbocycles. The van der Waals surface area contributed by atoms with Crippen LogP contribution in [0.3, 0.4) is 0 Å². The van der Waals surface area contributed by atoms with Crippen LogP contribution in [0.25, 0.3) is 0 Å². The molecule has 1 N–H and O–H groups in total. The van der Waals surface area contributed by atoms with E-state index in [-0.39, 0.29) is 11.3 Å². The molecular formula is C15H18ClFO2. The first-order valence-corrected chi connectivity index (χ1v) is 6.86. The minimum Gasteiger partial charge on any atom is -0.481 e. The second kappa shape index (κ2) is 5.12. The molecule has 104 valence electrons. The van der Waals surface area contributed by atoms with Crippen molar-refractivity contribution in [1.29, 1.82) is 0 Å². The minimum absolute atomic E-state index is 0.0916. The molecular weight excluding hydrogens is 267 g/mol. The molecule has 1 aliphatic rings. The number of carbonyl (C=O) groups is 1. The monoisotopic (exact) mass is 284 g/mol. The summed E-state index contributed by atoms with van der Waals surface area (Å²) < 4.78 is 13.1. The number of hydrogen-bond donors (Lipinski definition) is 1. The standard InChI is InChI=1S/C15H18ClFO2/c1-15(2)6-5-11(14(18)19)12(8-15)10-4-3-9(17)7-13(10)16/h3-4,7,11-12H,5-6,8H2,1-2H3,(H,18,19)/t11-,12+/m0/s1. The number of carboxylic acids is 1. The molecule has 0 heterocycles. The van der Waals surface area contributed by atoms with Crippen LogP contribution in [0.15, 0.2) is 18.2 Å². The van der Waals surface area contributed by atoms with Gasteiger partial charge in [0.15, 0.2) is 0 Å². The van der Waals surface area contributed by atoms with Gasteiger partial charge in [0, 0.05) is 5.02 Å². The van der Waals surface area contributed by atoms with Crippen molar-refractivity contribution in [2.45, 2.75) is 39.0 Å². The Bertz CT molecular complexity index is 499. The van der Waals surface area contributed by atoms with Crippen LogP contribution < -0.4 is 0 Å². The summed E-state index contributed by atoms with van der Waals surface area (Å²) in [5, 5.41) is 9.70. The molecule has 2 atom stereocenters. The van der Waals surface area contributed by atoms with Gasteiger partial charge in [-0.3, -0.25) is 4.79 Å². The molecule has 4 heteroatoms. The van der Waals surface area contributed by atoms with E-state index < -0.39 is 17.7 Å². The molecule has 0 aromatic heterocycles. The average molecular weight is 285 g/mol. The van der Waals surface area contributed by atoms with Gasteiger partial charge in [-0.2, -0.15) is 0 Å². The Labute approximate surface area is 117 Å². The number of halogens is 2. The maximum absolute atomic E-state index is 13.1. The van der Waals surface area contributed by atoms with E-state index >= 15 is 0 Å². The van der Waals surface area contributed by atoms with Crippen LogP contribution >= 0.6 is 11.6 Å². The van der Waals surface area contributed by atoms with Crippen molar-refractivity contribution < 1.29 is 14.3 Å². The van der Waals surface area contributed by atoms with Crippen molar-refractivity contribution in [3.8, 4) is 0 Å². The first kappa shape index (κ1) is 14.3.